The van der Waals surface area contributed by atoms with Crippen LogP contribution in [0.15, 0.2) is 80.6 Å². The molecule has 2 atom stereocenters. The van der Waals surface area contributed by atoms with E-state index in [-0.39, 0.29) is 12.3 Å². The first-order chi connectivity index (χ1) is 20.6. The summed E-state index contributed by atoms with van der Waals surface area (Å²) in [6, 6.07) is 21.3. The van der Waals surface area contributed by atoms with Crippen molar-refractivity contribution in [3.8, 4) is 0 Å². The molecule has 0 aromatic heterocycles. The molecule has 0 bridgehead atoms. The zero-order chi connectivity index (χ0) is 30.9. The molecule has 2 unspecified atom stereocenters. The van der Waals surface area contributed by atoms with Gasteiger partial charge in [-0.05, 0) is 37.3 Å². The highest BCUT2D eigenvalue weighted by molar-refractivity contribution is 6.00. The third-order valence-corrected chi connectivity index (χ3v) is 7.69. The topological polar surface area (TPSA) is 68.9 Å². The van der Waals surface area contributed by atoms with E-state index in [4.69, 9.17) is 20.0 Å². The molecule has 232 valence electrons. The lowest BCUT2D eigenvalue weighted by atomic mass is 10.1. The maximum Gasteiger partial charge on any atom is 0.205 e. The molecule has 4 rings (SSSR count). The van der Waals surface area contributed by atoms with Crippen LogP contribution in [0.25, 0.3) is 0 Å². The number of nitrogens with zero attached hydrogens (tertiary/aromatic N) is 10. The number of hydrogen-bond donors (Lipinski definition) is 0. The average molecular weight is 587 g/mol. The lowest BCUT2D eigenvalue weighted by Crippen LogP contribution is -2.54. The molecule has 0 aliphatic carbocycles. The van der Waals surface area contributed by atoms with Crippen LogP contribution < -0.4 is 0 Å². The maximum atomic E-state index is 5.16. The van der Waals surface area contributed by atoms with Crippen LogP contribution in [0.1, 0.15) is 30.9 Å². The Kier molecular flexibility index (Phi) is 11.0. The van der Waals surface area contributed by atoms with Gasteiger partial charge < -0.3 is 19.6 Å². The predicted octanol–water partition coefficient (Wildman–Crippen LogP) is 3.60. The molecule has 2 heterocycles. The van der Waals surface area contributed by atoms with Crippen molar-refractivity contribution in [2.45, 2.75) is 44.9 Å². The van der Waals surface area contributed by atoms with Gasteiger partial charge in [-0.25, -0.2) is 20.0 Å². The van der Waals surface area contributed by atoms with Crippen LogP contribution >= 0.6 is 0 Å². The molecule has 0 radical (unpaired) electrons. The van der Waals surface area contributed by atoms with Gasteiger partial charge in [-0.15, -0.1) is 0 Å². The molecule has 0 amide bonds. The molecular weight excluding hydrogens is 536 g/mol. The van der Waals surface area contributed by atoms with Gasteiger partial charge in [-0.1, -0.05) is 60.7 Å². The van der Waals surface area contributed by atoms with Gasteiger partial charge in [0.05, 0.1) is 0 Å². The van der Waals surface area contributed by atoms with Crippen LogP contribution in [0.5, 0.6) is 0 Å². The van der Waals surface area contributed by atoms with Crippen molar-refractivity contribution in [3.05, 3.63) is 71.8 Å². The molecule has 2 aromatic rings. The minimum atomic E-state index is -0.209. The summed E-state index contributed by atoms with van der Waals surface area (Å²) in [5, 5.41) is 0. The minimum Gasteiger partial charge on any atom is -0.349 e. The number of rotatable bonds is 10. The van der Waals surface area contributed by atoms with Crippen LogP contribution in [-0.4, -0.2) is 135 Å². The van der Waals surface area contributed by atoms with Gasteiger partial charge in [0, 0.05) is 75.4 Å². The summed E-state index contributed by atoms with van der Waals surface area (Å²) in [7, 11) is 14.5. The van der Waals surface area contributed by atoms with Gasteiger partial charge >= 0.3 is 0 Å². The van der Waals surface area contributed by atoms with Crippen molar-refractivity contribution in [1.29, 1.82) is 0 Å². The minimum absolute atomic E-state index is 0.140. The van der Waals surface area contributed by atoms with Gasteiger partial charge in [-0.3, -0.25) is 9.80 Å². The van der Waals surface area contributed by atoms with E-state index in [9.17, 15) is 0 Å². The van der Waals surface area contributed by atoms with E-state index in [1.807, 2.05) is 35.1 Å². The zero-order valence-corrected chi connectivity index (χ0v) is 27.4. The van der Waals surface area contributed by atoms with Crippen molar-refractivity contribution in [3.63, 3.8) is 0 Å². The van der Waals surface area contributed by atoms with Gasteiger partial charge in [0.1, 0.15) is 12.3 Å². The summed E-state index contributed by atoms with van der Waals surface area (Å²) in [4.78, 5) is 33.1. The molecule has 10 nitrogen and oxygen atoms in total. The number of aliphatic imine (C=N–C) groups is 4. The molecule has 2 aliphatic rings. The second kappa shape index (κ2) is 14.9. The first-order valence-electron chi connectivity index (χ1n) is 15.3. The van der Waals surface area contributed by atoms with Crippen LogP contribution in [-0.2, 0) is 12.8 Å². The Morgan fingerprint density at radius 2 is 1.16 bits per heavy atom. The molecule has 10 heteroatoms. The second-order valence-electron chi connectivity index (χ2n) is 11.8. The van der Waals surface area contributed by atoms with E-state index in [2.05, 4.69) is 111 Å². The standard InChI is InChI=1S/C33H50N10/c1-26-34-31(39(4)5)43(33(35-26)41(7)24-21-28-18-13-10-14-19-28)25-22-29-36-30(38(2)3)42(8)32(37-29)40(6)23-15-20-27-16-11-9-12-17-27/h9-14,16-19,26,29H,15,20-25H2,1-8H3. The number of guanidine groups is 4. The highest BCUT2D eigenvalue weighted by atomic mass is 15.5. The normalized spacial score (nSPS) is 18.4. The highest BCUT2D eigenvalue weighted by Gasteiger charge is 2.30. The van der Waals surface area contributed by atoms with E-state index < -0.39 is 0 Å². The molecule has 0 N–H and O–H groups in total. The third-order valence-electron chi connectivity index (χ3n) is 7.69. The largest absolute Gasteiger partial charge is 0.349 e. The monoisotopic (exact) mass is 586 g/mol. The van der Waals surface area contributed by atoms with Gasteiger partial charge in [0.25, 0.3) is 0 Å². The Hall–Kier alpha value is -4.08. The molecule has 2 aromatic carbocycles. The fourth-order valence-electron chi connectivity index (χ4n) is 5.46. The number of aryl methyl sites for hydroxylation is 1. The third kappa shape index (κ3) is 8.49. The molecule has 2 aliphatic heterocycles. The van der Waals surface area contributed by atoms with Crippen molar-refractivity contribution >= 4 is 23.8 Å². The van der Waals surface area contributed by atoms with Crippen LogP contribution in [0, 0.1) is 0 Å². The summed E-state index contributed by atoms with van der Waals surface area (Å²) >= 11 is 0. The summed E-state index contributed by atoms with van der Waals surface area (Å²) < 4.78 is 0. The Morgan fingerprint density at radius 3 is 1.77 bits per heavy atom. The summed E-state index contributed by atoms with van der Waals surface area (Å²) in [5.41, 5.74) is 2.68. The van der Waals surface area contributed by atoms with Crippen molar-refractivity contribution < 1.29 is 0 Å². The first-order valence-corrected chi connectivity index (χ1v) is 15.3. The van der Waals surface area contributed by atoms with Crippen LogP contribution in [0.2, 0.25) is 0 Å². The molecule has 0 fully saturated rings. The van der Waals surface area contributed by atoms with Crippen molar-refractivity contribution in [2.24, 2.45) is 20.0 Å². The Balaban J connectivity index is 1.48. The van der Waals surface area contributed by atoms with Crippen molar-refractivity contribution in [1.82, 2.24) is 29.4 Å². The average Bonchev–Trinajstić information content (AvgIpc) is 3.00. The van der Waals surface area contributed by atoms with E-state index >= 15 is 0 Å². The fourth-order valence-corrected chi connectivity index (χ4v) is 5.46. The molecule has 0 saturated heterocycles. The first kappa shape index (κ1) is 31.8. The zero-order valence-electron chi connectivity index (χ0n) is 27.4. The lowest BCUT2D eigenvalue weighted by Gasteiger charge is -2.39. The number of benzene rings is 2. The van der Waals surface area contributed by atoms with E-state index in [1.165, 1.54) is 11.1 Å². The van der Waals surface area contributed by atoms with Gasteiger partial charge in [0.2, 0.25) is 23.8 Å². The fraction of sp³-hybridized carbons (Fsp3) is 0.515. The van der Waals surface area contributed by atoms with E-state index in [0.29, 0.717) is 6.54 Å². The summed E-state index contributed by atoms with van der Waals surface area (Å²) in [6.45, 7) is 4.52. The Labute approximate surface area is 258 Å². The molecule has 43 heavy (non-hydrogen) atoms. The van der Waals surface area contributed by atoms with Gasteiger partial charge in [0.15, 0.2) is 0 Å². The lowest BCUT2D eigenvalue weighted by molar-refractivity contribution is 0.362. The number of hydrogen-bond acceptors (Lipinski definition) is 10. The quantitative estimate of drug-likeness (QED) is 0.424. The Morgan fingerprint density at radius 1 is 0.628 bits per heavy atom. The smallest absolute Gasteiger partial charge is 0.205 e. The molecule has 0 spiro atoms. The van der Waals surface area contributed by atoms with Crippen LogP contribution in [0.4, 0.5) is 0 Å². The SMILES string of the molecule is CC1N=C(N(C)C)N(CCC2N=C(N(C)C)N(C)C(N(C)CCCc3ccccc3)=N2)C(N(C)CCc2ccccc2)=N1. The predicted molar refractivity (Wildman–Crippen MR) is 180 cm³/mol. The molecular formula is C33H50N10. The molecule has 0 saturated carbocycles. The van der Waals surface area contributed by atoms with Gasteiger partial charge in [-0.2, -0.15) is 0 Å². The van der Waals surface area contributed by atoms with E-state index in [1.54, 1.807) is 0 Å². The highest BCUT2D eigenvalue weighted by Crippen LogP contribution is 2.18. The van der Waals surface area contributed by atoms with Crippen LogP contribution in [0.3, 0.4) is 0 Å². The van der Waals surface area contributed by atoms with Crippen molar-refractivity contribution in [2.75, 3.05) is 69.0 Å². The maximum absolute atomic E-state index is 5.16. The summed E-state index contributed by atoms with van der Waals surface area (Å²) in [6.07, 6.45) is 3.43. The van der Waals surface area contributed by atoms with E-state index in [0.717, 1.165) is 62.6 Å². The second-order valence-corrected chi connectivity index (χ2v) is 11.8. The summed E-state index contributed by atoms with van der Waals surface area (Å²) in [5.74, 6) is 3.71. The Bertz CT molecular complexity index is 1290. The number of likely N-dealkylation sites (N-methyl/N-ethyl adjacent to an activating group) is 1.